The maximum atomic E-state index is 12.7. The summed E-state index contributed by atoms with van der Waals surface area (Å²) in [6, 6.07) is 4.76. The highest BCUT2D eigenvalue weighted by Gasteiger charge is 2.25. The van der Waals surface area contributed by atoms with E-state index in [1.165, 1.54) is 32.1 Å². The molecule has 3 rings (SSSR count). The van der Waals surface area contributed by atoms with Gasteiger partial charge in [-0.05, 0) is 37.9 Å². The Balaban J connectivity index is 1.45. The SMILES string of the molecule is CN(CC(=O)N1CCCN(C2CCCCC2)CC1)Cc1cccnc1. The molecule has 0 spiro atoms. The first-order chi connectivity index (χ1) is 12.2. The van der Waals surface area contributed by atoms with Gasteiger partial charge in [0.1, 0.15) is 0 Å². The molecule has 5 nitrogen and oxygen atoms in total. The van der Waals surface area contributed by atoms with Crippen LogP contribution in [0.4, 0.5) is 0 Å². The Bertz CT molecular complexity index is 530. The standard InChI is InChI=1S/C20H32N4O/c1-22(16-18-7-5-10-21-15-18)17-20(25)24-12-6-11-23(13-14-24)19-8-3-2-4-9-19/h5,7,10,15,19H,2-4,6,8-9,11-14,16-17H2,1H3. The van der Waals surface area contributed by atoms with E-state index in [4.69, 9.17) is 0 Å². The Labute approximate surface area is 152 Å². The molecule has 1 saturated heterocycles. The fourth-order valence-electron chi connectivity index (χ4n) is 4.19. The maximum absolute atomic E-state index is 12.7. The van der Waals surface area contributed by atoms with Gasteiger partial charge in [-0.15, -0.1) is 0 Å². The average molecular weight is 345 g/mol. The van der Waals surface area contributed by atoms with Crippen LogP contribution in [0.5, 0.6) is 0 Å². The molecule has 1 aromatic heterocycles. The van der Waals surface area contributed by atoms with Crippen molar-refractivity contribution in [2.24, 2.45) is 0 Å². The molecule has 0 atom stereocenters. The number of amides is 1. The summed E-state index contributed by atoms with van der Waals surface area (Å²) in [4.78, 5) is 23.6. The number of pyridine rings is 1. The number of hydrogen-bond donors (Lipinski definition) is 0. The topological polar surface area (TPSA) is 39.7 Å². The molecule has 0 bridgehead atoms. The van der Waals surface area contributed by atoms with Crippen LogP contribution in [0.1, 0.15) is 44.1 Å². The lowest BCUT2D eigenvalue weighted by molar-refractivity contribution is -0.132. The molecule has 2 aliphatic rings. The molecule has 5 heteroatoms. The van der Waals surface area contributed by atoms with Gasteiger partial charge in [-0.3, -0.25) is 19.6 Å². The summed E-state index contributed by atoms with van der Waals surface area (Å²) >= 11 is 0. The minimum absolute atomic E-state index is 0.261. The highest BCUT2D eigenvalue weighted by atomic mass is 16.2. The van der Waals surface area contributed by atoms with Crippen molar-refractivity contribution in [2.45, 2.75) is 51.1 Å². The summed E-state index contributed by atoms with van der Waals surface area (Å²) in [7, 11) is 2.01. The third-order valence-electron chi connectivity index (χ3n) is 5.55. The summed E-state index contributed by atoms with van der Waals surface area (Å²) in [5.74, 6) is 0.261. The van der Waals surface area contributed by atoms with Crippen molar-refractivity contribution >= 4 is 5.91 Å². The summed E-state index contributed by atoms with van der Waals surface area (Å²) in [5.41, 5.74) is 1.15. The van der Waals surface area contributed by atoms with Crippen LogP contribution in [0.3, 0.4) is 0 Å². The van der Waals surface area contributed by atoms with Crippen molar-refractivity contribution in [3.8, 4) is 0 Å². The second-order valence-electron chi connectivity index (χ2n) is 7.60. The monoisotopic (exact) mass is 344 g/mol. The van der Waals surface area contributed by atoms with Gasteiger partial charge < -0.3 is 4.90 Å². The predicted molar refractivity (Wildman–Crippen MR) is 100 cm³/mol. The lowest BCUT2D eigenvalue weighted by atomic mass is 9.94. The molecule has 138 valence electrons. The molecule has 0 N–H and O–H groups in total. The van der Waals surface area contributed by atoms with Crippen LogP contribution in [-0.2, 0) is 11.3 Å². The molecule has 1 aliphatic heterocycles. The molecular formula is C20H32N4O. The van der Waals surface area contributed by atoms with Gasteiger partial charge in [-0.1, -0.05) is 25.3 Å². The first-order valence-electron chi connectivity index (χ1n) is 9.81. The van der Waals surface area contributed by atoms with E-state index in [-0.39, 0.29) is 5.91 Å². The quantitative estimate of drug-likeness (QED) is 0.822. The van der Waals surface area contributed by atoms with Crippen LogP contribution in [0.15, 0.2) is 24.5 Å². The van der Waals surface area contributed by atoms with Gasteiger partial charge in [0.25, 0.3) is 0 Å². The van der Waals surface area contributed by atoms with Gasteiger partial charge in [0.2, 0.25) is 5.91 Å². The van der Waals surface area contributed by atoms with Crippen LogP contribution >= 0.6 is 0 Å². The second-order valence-corrected chi connectivity index (χ2v) is 7.60. The van der Waals surface area contributed by atoms with Gasteiger partial charge in [-0.2, -0.15) is 0 Å². The molecule has 25 heavy (non-hydrogen) atoms. The zero-order valence-electron chi connectivity index (χ0n) is 15.6. The van der Waals surface area contributed by atoms with Crippen molar-refractivity contribution in [1.82, 2.24) is 19.7 Å². The van der Waals surface area contributed by atoms with E-state index in [9.17, 15) is 4.79 Å². The average Bonchev–Trinajstić information content (AvgIpc) is 2.89. The van der Waals surface area contributed by atoms with E-state index >= 15 is 0 Å². The highest BCUT2D eigenvalue weighted by molar-refractivity contribution is 5.78. The molecule has 1 saturated carbocycles. The Kier molecular flexibility index (Phi) is 6.82. The van der Waals surface area contributed by atoms with Crippen LogP contribution in [0, 0.1) is 0 Å². The number of hydrogen-bond acceptors (Lipinski definition) is 4. The van der Waals surface area contributed by atoms with E-state index in [0.717, 1.165) is 50.7 Å². The van der Waals surface area contributed by atoms with Gasteiger partial charge in [-0.25, -0.2) is 0 Å². The molecule has 0 radical (unpaired) electrons. The smallest absolute Gasteiger partial charge is 0.236 e. The largest absolute Gasteiger partial charge is 0.340 e. The number of carbonyl (C=O) groups excluding carboxylic acids is 1. The molecule has 2 fully saturated rings. The lowest BCUT2D eigenvalue weighted by Crippen LogP contribution is -2.42. The third kappa shape index (κ3) is 5.51. The predicted octanol–water partition coefficient (Wildman–Crippen LogP) is 2.38. The summed E-state index contributed by atoms with van der Waals surface area (Å²) in [5, 5.41) is 0. The minimum Gasteiger partial charge on any atom is -0.340 e. The van der Waals surface area contributed by atoms with Crippen LogP contribution in [0.25, 0.3) is 0 Å². The zero-order chi connectivity index (χ0) is 17.5. The van der Waals surface area contributed by atoms with Crippen molar-refractivity contribution in [3.63, 3.8) is 0 Å². The van der Waals surface area contributed by atoms with Crippen molar-refractivity contribution in [1.29, 1.82) is 0 Å². The Morgan fingerprint density at radius 3 is 2.76 bits per heavy atom. The Morgan fingerprint density at radius 2 is 2.00 bits per heavy atom. The maximum Gasteiger partial charge on any atom is 0.236 e. The lowest BCUT2D eigenvalue weighted by Gasteiger charge is -2.33. The van der Waals surface area contributed by atoms with E-state index in [2.05, 4.69) is 25.8 Å². The number of aromatic nitrogens is 1. The van der Waals surface area contributed by atoms with E-state index < -0.39 is 0 Å². The Morgan fingerprint density at radius 1 is 1.16 bits per heavy atom. The normalized spacial score (nSPS) is 20.6. The van der Waals surface area contributed by atoms with Crippen LogP contribution in [0.2, 0.25) is 0 Å². The molecule has 1 amide bonds. The van der Waals surface area contributed by atoms with E-state index in [1.54, 1.807) is 6.20 Å². The van der Waals surface area contributed by atoms with Crippen LogP contribution in [-0.4, -0.2) is 71.4 Å². The Hall–Kier alpha value is -1.46. The fraction of sp³-hybridized carbons (Fsp3) is 0.700. The summed E-state index contributed by atoms with van der Waals surface area (Å²) in [6.45, 7) is 5.24. The molecule has 1 aliphatic carbocycles. The van der Waals surface area contributed by atoms with Crippen LogP contribution < -0.4 is 0 Å². The van der Waals surface area contributed by atoms with E-state index in [0.29, 0.717) is 6.54 Å². The van der Waals surface area contributed by atoms with Gasteiger partial charge in [0.05, 0.1) is 6.54 Å². The summed E-state index contributed by atoms with van der Waals surface area (Å²) < 4.78 is 0. The number of rotatable bonds is 5. The van der Waals surface area contributed by atoms with Gasteiger partial charge >= 0.3 is 0 Å². The molecule has 1 aromatic rings. The van der Waals surface area contributed by atoms with Crippen molar-refractivity contribution in [2.75, 3.05) is 39.8 Å². The minimum atomic E-state index is 0.261. The highest BCUT2D eigenvalue weighted by Crippen LogP contribution is 2.23. The molecule has 0 aromatic carbocycles. The van der Waals surface area contributed by atoms with Crippen molar-refractivity contribution in [3.05, 3.63) is 30.1 Å². The number of carbonyl (C=O) groups is 1. The summed E-state index contributed by atoms with van der Waals surface area (Å²) in [6.07, 6.45) is 11.6. The van der Waals surface area contributed by atoms with Crippen molar-refractivity contribution < 1.29 is 4.79 Å². The molecular weight excluding hydrogens is 312 g/mol. The first-order valence-corrected chi connectivity index (χ1v) is 9.81. The number of likely N-dealkylation sites (N-methyl/N-ethyl adjacent to an activating group) is 1. The second kappa shape index (κ2) is 9.30. The fourth-order valence-corrected chi connectivity index (χ4v) is 4.19. The van der Waals surface area contributed by atoms with Gasteiger partial charge in [0.15, 0.2) is 0 Å². The third-order valence-corrected chi connectivity index (χ3v) is 5.55. The van der Waals surface area contributed by atoms with E-state index in [1.807, 2.05) is 19.3 Å². The first kappa shape index (κ1) is 18.3. The molecule has 2 heterocycles. The number of nitrogens with zero attached hydrogens (tertiary/aromatic N) is 4. The molecule has 0 unspecified atom stereocenters. The van der Waals surface area contributed by atoms with Gasteiger partial charge in [0, 0.05) is 51.2 Å². The zero-order valence-corrected chi connectivity index (χ0v) is 15.6.